The van der Waals surface area contributed by atoms with E-state index in [0.717, 1.165) is 33.4 Å². The van der Waals surface area contributed by atoms with Crippen molar-refractivity contribution in [3.8, 4) is 22.9 Å². The maximum atomic E-state index is 12.4. The van der Waals surface area contributed by atoms with Gasteiger partial charge in [-0.2, -0.15) is 0 Å². The van der Waals surface area contributed by atoms with E-state index in [2.05, 4.69) is 15.3 Å². The molecule has 4 rings (SSSR count). The minimum Gasteiger partial charge on any atom is -0.493 e. The summed E-state index contributed by atoms with van der Waals surface area (Å²) < 4.78 is 10.7. The number of ether oxygens (including phenoxy) is 2. The number of hydrogen-bond donors (Lipinski definition) is 2. The Hall–Kier alpha value is -4.06. The zero-order chi connectivity index (χ0) is 21.8. The van der Waals surface area contributed by atoms with Crippen LogP contribution in [0.15, 0.2) is 66.7 Å². The number of rotatable bonds is 6. The Labute approximate surface area is 180 Å². The predicted octanol–water partition coefficient (Wildman–Crippen LogP) is 5.21. The summed E-state index contributed by atoms with van der Waals surface area (Å²) in [4.78, 5) is 20.4. The van der Waals surface area contributed by atoms with Gasteiger partial charge in [-0.05, 0) is 30.2 Å². The summed E-state index contributed by atoms with van der Waals surface area (Å²) in [7, 11) is 3.20. The Morgan fingerprint density at radius 1 is 1.00 bits per heavy atom. The van der Waals surface area contributed by atoms with E-state index in [0.29, 0.717) is 17.3 Å². The van der Waals surface area contributed by atoms with Crippen LogP contribution in [0, 0.1) is 6.92 Å². The fraction of sp³-hybridized carbons (Fsp3) is 0.120. The number of carbonyl (C=O) groups is 1. The fourth-order valence-corrected chi connectivity index (χ4v) is 3.29. The molecule has 6 nitrogen and oxygen atoms in total. The highest BCUT2D eigenvalue weighted by Gasteiger charge is 2.12. The lowest BCUT2D eigenvalue weighted by Crippen LogP contribution is -2.09. The standard InChI is InChI=1S/C25H23N3O3/c1-16-9-11-18(13-19(16)26-24(29)12-10-17-7-5-4-6-8-17)25-27-20-14-22(30-2)23(31-3)15-21(20)28-25/h4-15H,1-3H3,(H,26,29)(H,27,28)/b12-10+. The first-order valence-electron chi connectivity index (χ1n) is 9.84. The number of imidazole rings is 1. The highest BCUT2D eigenvalue weighted by molar-refractivity contribution is 6.02. The van der Waals surface area contributed by atoms with Crippen LogP contribution in [0.2, 0.25) is 0 Å². The number of benzene rings is 3. The molecule has 0 saturated carbocycles. The van der Waals surface area contributed by atoms with Crippen molar-refractivity contribution in [1.82, 2.24) is 9.97 Å². The second-order valence-corrected chi connectivity index (χ2v) is 7.07. The molecule has 156 valence electrons. The Bertz CT molecular complexity index is 1220. The van der Waals surface area contributed by atoms with Crippen LogP contribution in [0.4, 0.5) is 5.69 Å². The number of fused-ring (bicyclic) bond motifs is 1. The summed E-state index contributed by atoms with van der Waals surface area (Å²) in [5.41, 5.74) is 5.13. The van der Waals surface area contributed by atoms with Gasteiger partial charge in [0.2, 0.25) is 5.91 Å². The van der Waals surface area contributed by atoms with Crippen LogP contribution in [-0.4, -0.2) is 30.1 Å². The number of methoxy groups -OCH3 is 2. The number of amides is 1. The number of carbonyl (C=O) groups excluding carboxylic acids is 1. The van der Waals surface area contributed by atoms with Crippen LogP contribution in [-0.2, 0) is 4.79 Å². The summed E-state index contributed by atoms with van der Waals surface area (Å²) in [5, 5.41) is 2.95. The first-order valence-corrected chi connectivity index (χ1v) is 9.84. The van der Waals surface area contributed by atoms with Gasteiger partial charge in [0.1, 0.15) is 5.82 Å². The van der Waals surface area contributed by atoms with E-state index in [1.54, 1.807) is 20.3 Å². The largest absolute Gasteiger partial charge is 0.493 e. The normalized spacial score (nSPS) is 11.1. The number of aryl methyl sites for hydroxylation is 1. The molecule has 0 spiro atoms. The van der Waals surface area contributed by atoms with Crippen LogP contribution in [0.3, 0.4) is 0 Å². The van der Waals surface area contributed by atoms with Gasteiger partial charge in [0.25, 0.3) is 0 Å². The number of nitrogens with one attached hydrogen (secondary N) is 2. The van der Waals surface area contributed by atoms with Gasteiger partial charge in [-0.15, -0.1) is 0 Å². The third kappa shape index (κ3) is 4.43. The zero-order valence-electron chi connectivity index (χ0n) is 17.6. The van der Waals surface area contributed by atoms with Crippen LogP contribution in [0.1, 0.15) is 11.1 Å². The molecule has 0 aliphatic rings. The average Bonchev–Trinajstić information content (AvgIpc) is 3.21. The molecule has 1 amide bonds. The summed E-state index contributed by atoms with van der Waals surface area (Å²) >= 11 is 0. The maximum Gasteiger partial charge on any atom is 0.248 e. The number of aromatic nitrogens is 2. The monoisotopic (exact) mass is 413 g/mol. The van der Waals surface area contributed by atoms with Gasteiger partial charge in [0.15, 0.2) is 11.5 Å². The van der Waals surface area contributed by atoms with Crippen LogP contribution in [0.5, 0.6) is 11.5 Å². The van der Waals surface area contributed by atoms with Crippen molar-refractivity contribution in [3.63, 3.8) is 0 Å². The molecule has 4 aromatic rings. The summed E-state index contributed by atoms with van der Waals surface area (Å²) in [5.74, 6) is 1.76. The van der Waals surface area contributed by atoms with Gasteiger partial charge >= 0.3 is 0 Å². The van der Waals surface area contributed by atoms with Crippen molar-refractivity contribution in [3.05, 3.63) is 77.9 Å². The van der Waals surface area contributed by atoms with Gasteiger partial charge in [-0.25, -0.2) is 4.98 Å². The molecule has 3 aromatic carbocycles. The van der Waals surface area contributed by atoms with Gasteiger partial charge < -0.3 is 19.8 Å². The number of aromatic amines is 1. The summed E-state index contributed by atoms with van der Waals surface area (Å²) in [6.45, 7) is 1.95. The van der Waals surface area contributed by atoms with Crippen molar-refractivity contribution in [2.24, 2.45) is 0 Å². The van der Waals surface area contributed by atoms with Gasteiger partial charge in [-0.1, -0.05) is 42.5 Å². The number of hydrogen-bond acceptors (Lipinski definition) is 4. The van der Waals surface area contributed by atoms with Gasteiger partial charge in [0, 0.05) is 29.5 Å². The maximum absolute atomic E-state index is 12.4. The predicted molar refractivity (Wildman–Crippen MR) is 123 cm³/mol. The van der Waals surface area contributed by atoms with Crippen LogP contribution in [0.25, 0.3) is 28.5 Å². The van der Waals surface area contributed by atoms with E-state index in [9.17, 15) is 4.79 Å². The lowest BCUT2D eigenvalue weighted by molar-refractivity contribution is -0.111. The quantitative estimate of drug-likeness (QED) is 0.426. The van der Waals surface area contributed by atoms with Crippen molar-refractivity contribution >= 4 is 28.7 Å². The van der Waals surface area contributed by atoms with E-state index in [1.165, 1.54) is 6.08 Å². The second kappa shape index (κ2) is 8.75. The number of anilines is 1. The highest BCUT2D eigenvalue weighted by atomic mass is 16.5. The van der Waals surface area contributed by atoms with Crippen LogP contribution >= 0.6 is 0 Å². The first kappa shape index (κ1) is 20.2. The molecule has 1 heterocycles. The molecular weight excluding hydrogens is 390 g/mol. The van der Waals surface area contributed by atoms with Gasteiger partial charge in [0.05, 0.1) is 25.3 Å². The summed E-state index contributed by atoms with van der Waals surface area (Å²) in [6.07, 6.45) is 3.32. The van der Waals surface area contributed by atoms with E-state index < -0.39 is 0 Å². The molecule has 31 heavy (non-hydrogen) atoms. The van der Waals surface area contributed by atoms with Crippen molar-refractivity contribution in [2.45, 2.75) is 6.92 Å². The molecule has 6 heteroatoms. The molecule has 0 saturated heterocycles. The average molecular weight is 413 g/mol. The second-order valence-electron chi connectivity index (χ2n) is 7.07. The third-order valence-corrected chi connectivity index (χ3v) is 4.98. The first-order chi connectivity index (χ1) is 15.1. The summed E-state index contributed by atoms with van der Waals surface area (Å²) in [6, 6.07) is 19.2. The zero-order valence-corrected chi connectivity index (χ0v) is 17.6. The molecule has 2 N–H and O–H groups in total. The van der Waals surface area contributed by atoms with Crippen LogP contribution < -0.4 is 14.8 Å². The van der Waals surface area contributed by atoms with E-state index in [1.807, 2.05) is 67.6 Å². The molecule has 0 atom stereocenters. The molecule has 0 aliphatic heterocycles. The Morgan fingerprint density at radius 3 is 2.48 bits per heavy atom. The molecule has 0 fully saturated rings. The number of nitrogens with zero attached hydrogens (tertiary/aromatic N) is 1. The minimum absolute atomic E-state index is 0.191. The molecule has 1 aromatic heterocycles. The lowest BCUT2D eigenvalue weighted by atomic mass is 10.1. The Balaban J connectivity index is 1.60. The SMILES string of the molecule is COc1cc2nc(-c3ccc(C)c(NC(=O)/C=C/c4ccccc4)c3)[nH]c2cc1OC. The highest BCUT2D eigenvalue weighted by Crippen LogP contribution is 2.33. The molecule has 0 bridgehead atoms. The Kier molecular flexibility index (Phi) is 5.71. The van der Waals surface area contributed by atoms with E-state index >= 15 is 0 Å². The molecule has 0 unspecified atom stereocenters. The number of H-pyrrole nitrogens is 1. The lowest BCUT2D eigenvalue weighted by Gasteiger charge is -2.08. The van der Waals surface area contributed by atoms with Gasteiger partial charge in [-0.3, -0.25) is 4.79 Å². The van der Waals surface area contributed by atoms with Crippen molar-refractivity contribution in [2.75, 3.05) is 19.5 Å². The van der Waals surface area contributed by atoms with Crippen molar-refractivity contribution in [1.29, 1.82) is 0 Å². The molecule has 0 aliphatic carbocycles. The minimum atomic E-state index is -0.191. The smallest absolute Gasteiger partial charge is 0.248 e. The fourth-order valence-electron chi connectivity index (χ4n) is 3.29. The van der Waals surface area contributed by atoms with E-state index in [-0.39, 0.29) is 5.91 Å². The van der Waals surface area contributed by atoms with Crippen molar-refractivity contribution < 1.29 is 14.3 Å². The third-order valence-electron chi connectivity index (χ3n) is 4.98. The van der Waals surface area contributed by atoms with E-state index in [4.69, 9.17) is 9.47 Å². The molecular formula is C25H23N3O3. The topological polar surface area (TPSA) is 76.2 Å². The molecule has 0 radical (unpaired) electrons. The Morgan fingerprint density at radius 2 is 1.74 bits per heavy atom.